The number of ether oxygens (including phenoxy) is 1. The number of fused-ring (bicyclic) bond motifs is 2. The molecule has 0 aromatic rings. The van der Waals surface area contributed by atoms with Gasteiger partial charge in [0, 0.05) is 11.8 Å². The minimum atomic E-state index is -4.99. The molecule has 1 fully saturated rings. The highest BCUT2D eigenvalue weighted by Gasteiger charge is 2.61. The molecule has 2 rings (SSSR count). The van der Waals surface area contributed by atoms with E-state index < -0.39 is 30.2 Å². The average Bonchev–Trinajstić information content (AvgIpc) is 2.51. The number of halogens is 5. The first kappa shape index (κ1) is 9.89. The zero-order chi connectivity index (χ0) is 10.6. The topological polar surface area (TPSA) is 9.23 Å². The number of hydrogen-bond donors (Lipinski definition) is 0. The van der Waals surface area contributed by atoms with Crippen LogP contribution in [-0.2, 0) is 4.74 Å². The molecular formula is C8H7F5O. The highest BCUT2D eigenvalue weighted by Crippen LogP contribution is 2.52. The average molecular weight is 214 g/mol. The molecule has 0 aliphatic heterocycles. The van der Waals surface area contributed by atoms with Gasteiger partial charge >= 0.3 is 6.36 Å². The first-order valence-corrected chi connectivity index (χ1v) is 4.11. The summed E-state index contributed by atoms with van der Waals surface area (Å²) in [5, 5.41) is 0. The predicted molar refractivity (Wildman–Crippen MR) is 36.6 cm³/mol. The molecule has 0 saturated heterocycles. The summed E-state index contributed by atoms with van der Waals surface area (Å²) in [7, 11) is 0. The second-order valence-corrected chi connectivity index (χ2v) is 3.55. The van der Waals surface area contributed by atoms with Crippen LogP contribution in [0, 0.1) is 11.8 Å². The van der Waals surface area contributed by atoms with Crippen molar-refractivity contribution in [2.75, 3.05) is 0 Å². The molecule has 1 nitrogen and oxygen atoms in total. The van der Waals surface area contributed by atoms with Crippen molar-refractivity contribution in [1.82, 2.24) is 0 Å². The van der Waals surface area contributed by atoms with E-state index in [1.807, 2.05) is 0 Å². The molecule has 14 heavy (non-hydrogen) atoms. The molecule has 0 aromatic carbocycles. The van der Waals surface area contributed by atoms with Crippen molar-refractivity contribution in [2.45, 2.75) is 24.8 Å². The Morgan fingerprint density at radius 1 is 1.21 bits per heavy atom. The number of allylic oxidation sites excluding steroid dienone is 1. The van der Waals surface area contributed by atoms with Crippen molar-refractivity contribution in [1.29, 1.82) is 0 Å². The van der Waals surface area contributed by atoms with Gasteiger partial charge in [-0.3, -0.25) is 4.74 Å². The van der Waals surface area contributed by atoms with E-state index in [4.69, 9.17) is 0 Å². The second-order valence-electron chi connectivity index (χ2n) is 3.55. The Hall–Kier alpha value is -0.650. The van der Waals surface area contributed by atoms with Crippen molar-refractivity contribution >= 4 is 0 Å². The summed E-state index contributed by atoms with van der Waals surface area (Å²) in [4.78, 5) is 0. The van der Waals surface area contributed by atoms with Crippen LogP contribution < -0.4 is 0 Å². The smallest absolute Gasteiger partial charge is 0.282 e. The van der Waals surface area contributed by atoms with Gasteiger partial charge in [-0.25, -0.2) is 8.78 Å². The van der Waals surface area contributed by atoms with Crippen molar-refractivity contribution in [3.05, 3.63) is 12.2 Å². The molecule has 0 N–H and O–H groups in total. The van der Waals surface area contributed by atoms with Gasteiger partial charge in [0.15, 0.2) is 0 Å². The largest absolute Gasteiger partial charge is 0.523 e. The van der Waals surface area contributed by atoms with Crippen LogP contribution in [0.3, 0.4) is 0 Å². The van der Waals surface area contributed by atoms with E-state index in [-0.39, 0.29) is 6.42 Å². The molecule has 0 spiro atoms. The Bertz CT molecular complexity index is 269. The summed E-state index contributed by atoms with van der Waals surface area (Å²) in [5.74, 6) is -5.30. The lowest BCUT2D eigenvalue weighted by Gasteiger charge is -2.28. The van der Waals surface area contributed by atoms with Gasteiger partial charge < -0.3 is 0 Å². The third kappa shape index (κ3) is 1.41. The van der Waals surface area contributed by atoms with Gasteiger partial charge in [-0.15, -0.1) is 13.2 Å². The predicted octanol–water partition coefficient (Wildman–Crippen LogP) is 2.73. The molecule has 0 heterocycles. The van der Waals surface area contributed by atoms with Gasteiger partial charge in [-0.05, 0) is 6.42 Å². The van der Waals surface area contributed by atoms with Gasteiger partial charge in [0.1, 0.15) is 6.10 Å². The lowest BCUT2D eigenvalue weighted by molar-refractivity contribution is -0.366. The van der Waals surface area contributed by atoms with Crippen LogP contribution in [0.5, 0.6) is 0 Å². The number of alkyl halides is 5. The monoisotopic (exact) mass is 214 g/mol. The van der Waals surface area contributed by atoms with Crippen LogP contribution in [0.2, 0.25) is 0 Å². The quantitative estimate of drug-likeness (QED) is 0.481. The van der Waals surface area contributed by atoms with E-state index in [1.54, 1.807) is 0 Å². The summed E-state index contributed by atoms with van der Waals surface area (Å²) >= 11 is 0. The minimum Gasteiger partial charge on any atom is -0.282 e. The molecule has 80 valence electrons. The third-order valence-electron chi connectivity index (χ3n) is 2.64. The summed E-state index contributed by atoms with van der Waals surface area (Å²) in [6.07, 6.45) is -4.35. The van der Waals surface area contributed by atoms with Gasteiger partial charge in [0.2, 0.25) is 0 Å². The first-order chi connectivity index (χ1) is 6.31. The fourth-order valence-electron chi connectivity index (χ4n) is 2.04. The maximum absolute atomic E-state index is 13.2. The van der Waals surface area contributed by atoms with E-state index in [2.05, 4.69) is 4.74 Å². The zero-order valence-corrected chi connectivity index (χ0v) is 6.89. The maximum atomic E-state index is 13.2. The SMILES string of the molecule is FC(F)(F)OC1C2C=CC(C2)C1(F)F. The van der Waals surface area contributed by atoms with Crippen LogP contribution in [0.15, 0.2) is 12.2 Å². The van der Waals surface area contributed by atoms with Crippen LogP contribution in [-0.4, -0.2) is 18.4 Å². The Morgan fingerprint density at radius 3 is 2.29 bits per heavy atom. The number of rotatable bonds is 1. The summed E-state index contributed by atoms with van der Waals surface area (Å²) in [5.41, 5.74) is 0. The van der Waals surface area contributed by atoms with Crippen LogP contribution in [0.4, 0.5) is 22.0 Å². The highest BCUT2D eigenvalue weighted by atomic mass is 19.4. The second kappa shape index (κ2) is 2.68. The van der Waals surface area contributed by atoms with Gasteiger partial charge in [-0.1, -0.05) is 12.2 Å². The Kier molecular flexibility index (Phi) is 1.90. The molecule has 3 atom stereocenters. The number of hydrogen-bond acceptors (Lipinski definition) is 1. The van der Waals surface area contributed by atoms with E-state index >= 15 is 0 Å². The summed E-state index contributed by atoms with van der Waals surface area (Å²) in [6, 6.07) is 0. The van der Waals surface area contributed by atoms with Gasteiger partial charge in [0.25, 0.3) is 5.92 Å². The highest BCUT2D eigenvalue weighted by molar-refractivity contribution is 5.18. The molecule has 0 amide bonds. The van der Waals surface area contributed by atoms with Crippen LogP contribution in [0.25, 0.3) is 0 Å². The Labute approximate surface area is 76.5 Å². The zero-order valence-electron chi connectivity index (χ0n) is 6.89. The van der Waals surface area contributed by atoms with E-state index in [0.29, 0.717) is 0 Å². The van der Waals surface area contributed by atoms with Crippen molar-refractivity contribution < 1.29 is 26.7 Å². The summed E-state index contributed by atoms with van der Waals surface area (Å²) in [6.45, 7) is 0. The lowest BCUT2D eigenvalue weighted by Crippen LogP contribution is -2.42. The molecule has 2 bridgehead atoms. The maximum Gasteiger partial charge on any atom is 0.523 e. The molecular weight excluding hydrogens is 207 g/mol. The fraction of sp³-hybridized carbons (Fsp3) is 0.750. The molecule has 0 aromatic heterocycles. The molecule has 2 aliphatic carbocycles. The molecule has 6 heteroatoms. The van der Waals surface area contributed by atoms with E-state index in [0.717, 1.165) is 0 Å². The summed E-state index contributed by atoms with van der Waals surface area (Å²) < 4.78 is 65.1. The lowest BCUT2D eigenvalue weighted by atomic mass is 10.0. The normalized spacial score (nSPS) is 39.4. The standard InChI is InChI=1S/C8H7F5O/c9-7(10)5-2-1-4(3-5)6(7)14-8(11,12)13/h1-2,4-6H,3H2. The first-order valence-electron chi connectivity index (χ1n) is 4.11. The van der Waals surface area contributed by atoms with E-state index in [1.165, 1.54) is 12.2 Å². The molecule has 3 unspecified atom stereocenters. The van der Waals surface area contributed by atoms with Gasteiger partial charge in [0.05, 0.1) is 0 Å². The van der Waals surface area contributed by atoms with Crippen molar-refractivity contribution in [3.63, 3.8) is 0 Å². The molecule has 2 aliphatic rings. The van der Waals surface area contributed by atoms with E-state index in [9.17, 15) is 22.0 Å². The van der Waals surface area contributed by atoms with Crippen molar-refractivity contribution in [2.24, 2.45) is 11.8 Å². The van der Waals surface area contributed by atoms with Crippen LogP contribution in [0.1, 0.15) is 6.42 Å². The fourth-order valence-corrected chi connectivity index (χ4v) is 2.04. The Morgan fingerprint density at radius 2 is 1.86 bits per heavy atom. The minimum absolute atomic E-state index is 0.0494. The molecule has 1 saturated carbocycles. The van der Waals surface area contributed by atoms with Crippen LogP contribution >= 0.6 is 0 Å². The third-order valence-corrected chi connectivity index (χ3v) is 2.64. The van der Waals surface area contributed by atoms with Gasteiger partial charge in [-0.2, -0.15) is 0 Å². The molecule has 0 radical (unpaired) electrons. The Balaban J connectivity index is 2.16. The van der Waals surface area contributed by atoms with Crippen molar-refractivity contribution in [3.8, 4) is 0 Å².